The van der Waals surface area contributed by atoms with E-state index in [1.807, 2.05) is 22.6 Å². The summed E-state index contributed by atoms with van der Waals surface area (Å²) in [6.07, 6.45) is 0. The molecule has 0 saturated heterocycles. The molecule has 0 radical (unpaired) electrons. The first-order valence-corrected chi connectivity index (χ1v) is 5.55. The Labute approximate surface area is 111 Å². The number of carboxylic acids is 1. The van der Waals surface area contributed by atoms with Crippen LogP contribution in [0.3, 0.4) is 0 Å². The molecule has 6 nitrogen and oxygen atoms in total. The van der Waals surface area contributed by atoms with E-state index in [0.29, 0.717) is 9.32 Å². The van der Waals surface area contributed by atoms with Crippen molar-refractivity contribution < 1.29 is 24.2 Å². The lowest BCUT2D eigenvalue weighted by Crippen LogP contribution is -2.20. The minimum atomic E-state index is -1.07. The van der Waals surface area contributed by atoms with E-state index in [9.17, 15) is 9.59 Å². The van der Waals surface area contributed by atoms with E-state index in [2.05, 4.69) is 0 Å². The Kier molecular flexibility index (Phi) is 4.55. The summed E-state index contributed by atoms with van der Waals surface area (Å²) in [6.45, 7) is -0.293. The molecule has 0 spiro atoms. The molecule has 0 aliphatic carbocycles. The number of hydrogen-bond donors (Lipinski definition) is 2. The van der Waals surface area contributed by atoms with Crippen molar-refractivity contribution >= 4 is 34.5 Å². The first-order chi connectivity index (χ1) is 7.95. The van der Waals surface area contributed by atoms with E-state index in [1.54, 1.807) is 0 Å². The zero-order valence-corrected chi connectivity index (χ0v) is 11.1. The van der Waals surface area contributed by atoms with E-state index in [-0.39, 0.29) is 17.9 Å². The van der Waals surface area contributed by atoms with Gasteiger partial charge >= 0.3 is 5.97 Å². The van der Waals surface area contributed by atoms with Crippen LogP contribution >= 0.6 is 22.6 Å². The average molecular weight is 351 g/mol. The fourth-order valence-corrected chi connectivity index (χ4v) is 1.88. The quantitative estimate of drug-likeness (QED) is 0.767. The lowest BCUT2D eigenvalue weighted by molar-refractivity contribution is -0.120. The van der Waals surface area contributed by atoms with Crippen LogP contribution < -0.4 is 15.2 Å². The number of halogens is 1. The number of carboxylic acid groups (broad SMARTS) is 1. The minimum Gasteiger partial charge on any atom is -0.493 e. The summed E-state index contributed by atoms with van der Waals surface area (Å²) in [5.74, 6) is -1.14. The van der Waals surface area contributed by atoms with Gasteiger partial charge in [-0.25, -0.2) is 4.79 Å². The number of ether oxygens (including phenoxy) is 2. The molecule has 3 N–H and O–H groups in total. The minimum absolute atomic E-state index is 0.0812. The van der Waals surface area contributed by atoms with E-state index in [4.69, 9.17) is 20.3 Å². The second-order valence-electron chi connectivity index (χ2n) is 3.05. The standard InChI is InChI=1S/C10H10INO5/c1-16-7-3-5(10(14)15)2-6(11)9(7)17-4-8(12)13/h2-3H,4H2,1H3,(H2,12,13)(H,14,15). The fraction of sp³-hybridized carbons (Fsp3) is 0.200. The lowest BCUT2D eigenvalue weighted by atomic mass is 10.2. The zero-order valence-electron chi connectivity index (χ0n) is 8.90. The van der Waals surface area contributed by atoms with Gasteiger partial charge in [-0.1, -0.05) is 0 Å². The third kappa shape index (κ3) is 3.48. The second-order valence-corrected chi connectivity index (χ2v) is 4.21. The van der Waals surface area contributed by atoms with Crippen LogP contribution in [-0.4, -0.2) is 30.7 Å². The van der Waals surface area contributed by atoms with Crippen LogP contribution in [0.15, 0.2) is 12.1 Å². The summed E-state index contributed by atoms with van der Waals surface area (Å²) in [5.41, 5.74) is 5.04. The molecule has 1 aromatic rings. The van der Waals surface area contributed by atoms with Gasteiger partial charge in [0, 0.05) is 0 Å². The highest BCUT2D eigenvalue weighted by molar-refractivity contribution is 14.1. The molecule has 7 heteroatoms. The molecule has 0 unspecified atom stereocenters. The number of methoxy groups -OCH3 is 1. The number of hydrogen-bond acceptors (Lipinski definition) is 4. The topological polar surface area (TPSA) is 98.8 Å². The molecule has 0 bridgehead atoms. The molecular weight excluding hydrogens is 341 g/mol. The van der Waals surface area contributed by atoms with Crippen molar-refractivity contribution in [3.8, 4) is 11.5 Å². The lowest BCUT2D eigenvalue weighted by Gasteiger charge is -2.12. The molecule has 0 aliphatic heterocycles. The largest absolute Gasteiger partial charge is 0.493 e. The first-order valence-electron chi connectivity index (χ1n) is 4.47. The van der Waals surface area contributed by atoms with Gasteiger partial charge in [0.2, 0.25) is 0 Å². The van der Waals surface area contributed by atoms with E-state index in [0.717, 1.165) is 0 Å². The third-order valence-corrected chi connectivity index (χ3v) is 2.64. The maximum Gasteiger partial charge on any atom is 0.335 e. The summed E-state index contributed by atoms with van der Waals surface area (Å²) >= 11 is 1.89. The molecule has 0 atom stereocenters. The number of nitrogens with two attached hydrogens (primary N) is 1. The van der Waals surface area contributed by atoms with Crippen LogP contribution in [0.25, 0.3) is 0 Å². The van der Waals surface area contributed by atoms with Gasteiger partial charge in [0.15, 0.2) is 18.1 Å². The van der Waals surface area contributed by atoms with Crippen molar-refractivity contribution in [1.82, 2.24) is 0 Å². The van der Waals surface area contributed by atoms with Gasteiger partial charge in [0.25, 0.3) is 5.91 Å². The predicted octanol–water partition coefficient (Wildman–Crippen LogP) is 0.862. The summed E-state index contributed by atoms with van der Waals surface area (Å²) in [7, 11) is 1.38. The highest BCUT2D eigenvalue weighted by atomic mass is 127. The molecule has 0 fully saturated rings. The highest BCUT2D eigenvalue weighted by Gasteiger charge is 2.15. The number of rotatable bonds is 5. The van der Waals surface area contributed by atoms with Crippen molar-refractivity contribution in [3.05, 3.63) is 21.3 Å². The summed E-state index contributed by atoms with van der Waals surface area (Å²) in [6, 6.07) is 2.74. The number of carbonyl (C=O) groups is 2. The van der Waals surface area contributed by atoms with Crippen molar-refractivity contribution in [1.29, 1.82) is 0 Å². The van der Waals surface area contributed by atoms with Gasteiger partial charge in [-0.15, -0.1) is 0 Å². The average Bonchev–Trinajstić information content (AvgIpc) is 2.25. The summed E-state index contributed by atoms with van der Waals surface area (Å²) in [5, 5.41) is 8.86. The highest BCUT2D eigenvalue weighted by Crippen LogP contribution is 2.33. The van der Waals surface area contributed by atoms with Crippen LogP contribution in [0.4, 0.5) is 0 Å². The molecule has 1 aromatic carbocycles. The van der Waals surface area contributed by atoms with E-state index >= 15 is 0 Å². The Balaban J connectivity index is 3.12. The Morgan fingerprint density at radius 1 is 1.47 bits per heavy atom. The van der Waals surface area contributed by atoms with Crippen LogP contribution in [0, 0.1) is 3.57 Å². The third-order valence-electron chi connectivity index (χ3n) is 1.84. The fourth-order valence-electron chi connectivity index (χ4n) is 1.13. The number of amides is 1. The predicted molar refractivity (Wildman–Crippen MR) is 67.4 cm³/mol. The smallest absolute Gasteiger partial charge is 0.335 e. The van der Waals surface area contributed by atoms with E-state index in [1.165, 1.54) is 19.2 Å². The number of carbonyl (C=O) groups excluding carboxylic acids is 1. The first kappa shape index (κ1) is 13.6. The van der Waals surface area contributed by atoms with Gasteiger partial charge < -0.3 is 20.3 Å². The summed E-state index contributed by atoms with van der Waals surface area (Å²) in [4.78, 5) is 21.4. The maximum absolute atomic E-state index is 10.8. The molecule has 0 aromatic heterocycles. The van der Waals surface area contributed by atoms with Gasteiger partial charge in [0.1, 0.15) is 0 Å². The SMILES string of the molecule is COc1cc(C(=O)O)cc(I)c1OCC(N)=O. The number of aromatic carboxylic acids is 1. The van der Waals surface area contributed by atoms with E-state index < -0.39 is 11.9 Å². The molecule has 17 heavy (non-hydrogen) atoms. The normalized spacial score (nSPS) is 9.76. The van der Waals surface area contributed by atoms with Crippen molar-refractivity contribution in [3.63, 3.8) is 0 Å². The van der Waals surface area contributed by atoms with Gasteiger partial charge in [-0.3, -0.25) is 4.79 Å². The Morgan fingerprint density at radius 2 is 2.12 bits per heavy atom. The van der Waals surface area contributed by atoms with Gasteiger partial charge in [-0.05, 0) is 34.7 Å². The van der Waals surface area contributed by atoms with Crippen molar-refractivity contribution in [2.75, 3.05) is 13.7 Å². The molecule has 0 heterocycles. The molecule has 1 amide bonds. The molecule has 0 saturated carbocycles. The van der Waals surface area contributed by atoms with Crippen LogP contribution in [0.2, 0.25) is 0 Å². The number of primary amides is 1. The number of benzene rings is 1. The van der Waals surface area contributed by atoms with Gasteiger partial charge in [0.05, 0.1) is 16.2 Å². The zero-order chi connectivity index (χ0) is 13.0. The Morgan fingerprint density at radius 3 is 2.59 bits per heavy atom. The van der Waals surface area contributed by atoms with Gasteiger partial charge in [-0.2, -0.15) is 0 Å². The maximum atomic E-state index is 10.8. The van der Waals surface area contributed by atoms with Crippen LogP contribution in [-0.2, 0) is 4.79 Å². The van der Waals surface area contributed by atoms with Crippen molar-refractivity contribution in [2.24, 2.45) is 5.73 Å². The van der Waals surface area contributed by atoms with Crippen LogP contribution in [0.1, 0.15) is 10.4 Å². The van der Waals surface area contributed by atoms with Crippen molar-refractivity contribution in [2.45, 2.75) is 0 Å². The monoisotopic (exact) mass is 351 g/mol. The molecule has 92 valence electrons. The van der Waals surface area contributed by atoms with Crippen LogP contribution in [0.5, 0.6) is 11.5 Å². The molecule has 0 aliphatic rings. The Bertz CT molecular complexity index is 460. The molecular formula is C10H10INO5. The molecule has 1 rings (SSSR count). The summed E-state index contributed by atoms with van der Waals surface area (Å²) < 4.78 is 10.7. The second kappa shape index (κ2) is 5.71. The Hall–Kier alpha value is -1.51.